The van der Waals surface area contributed by atoms with Gasteiger partial charge in [-0.15, -0.1) is 11.8 Å². The van der Waals surface area contributed by atoms with Gasteiger partial charge in [0.1, 0.15) is 11.6 Å². The van der Waals surface area contributed by atoms with Crippen LogP contribution in [0.2, 0.25) is 5.02 Å². The van der Waals surface area contributed by atoms with Gasteiger partial charge in [0.05, 0.1) is 5.03 Å². The Bertz CT molecular complexity index is 1080. The second kappa shape index (κ2) is 7.03. The molecular formula is C21H15ClN2OS. The molecule has 0 fully saturated rings. The van der Waals surface area contributed by atoms with Gasteiger partial charge >= 0.3 is 0 Å². The highest BCUT2D eigenvalue weighted by Gasteiger charge is 2.24. The van der Waals surface area contributed by atoms with Crippen molar-refractivity contribution >= 4 is 23.4 Å². The molecule has 1 heterocycles. The topological polar surface area (TPSA) is 56.6 Å². The zero-order chi connectivity index (χ0) is 18.1. The second-order valence-corrected chi connectivity index (χ2v) is 7.62. The largest absolute Gasteiger partial charge is 0.316 e. The highest BCUT2D eigenvalue weighted by Crippen LogP contribution is 2.39. The summed E-state index contributed by atoms with van der Waals surface area (Å²) in [6, 6.07) is 17.8. The fourth-order valence-electron chi connectivity index (χ4n) is 3.36. The maximum atomic E-state index is 12.5. The second-order valence-electron chi connectivity index (χ2n) is 6.20. The minimum atomic E-state index is -0.318. The summed E-state index contributed by atoms with van der Waals surface area (Å²) in [5.41, 5.74) is 5.09. The number of nitriles is 1. The summed E-state index contributed by atoms with van der Waals surface area (Å²) in [6.07, 6.45) is 1.73. The van der Waals surface area contributed by atoms with Crippen molar-refractivity contribution in [2.24, 2.45) is 0 Å². The van der Waals surface area contributed by atoms with Crippen molar-refractivity contribution in [3.63, 3.8) is 0 Å². The number of nitrogens with zero attached hydrogens (tertiary/aromatic N) is 1. The Labute approximate surface area is 160 Å². The van der Waals surface area contributed by atoms with Crippen molar-refractivity contribution in [3.8, 4) is 17.2 Å². The van der Waals surface area contributed by atoms with Crippen molar-refractivity contribution in [3.05, 3.63) is 86.2 Å². The molecule has 3 nitrogen and oxygen atoms in total. The van der Waals surface area contributed by atoms with E-state index in [2.05, 4.69) is 17.1 Å². The molecule has 0 spiro atoms. The Kier molecular flexibility index (Phi) is 4.58. The average molecular weight is 379 g/mol. The molecule has 1 aliphatic carbocycles. The summed E-state index contributed by atoms with van der Waals surface area (Å²) in [5, 5.41) is 11.1. The van der Waals surface area contributed by atoms with Gasteiger partial charge in [-0.1, -0.05) is 48.0 Å². The van der Waals surface area contributed by atoms with Crippen LogP contribution in [-0.4, -0.2) is 4.98 Å². The first-order chi connectivity index (χ1) is 12.7. The van der Waals surface area contributed by atoms with Crippen molar-refractivity contribution in [1.82, 2.24) is 4.98 Å². The number of aromatic nitrogens is 1. The Morgan fingerprint density at radius 2 is 1.88 bits per heavy atom. The van der Waals surface area contributed by atoms with Gasteiger partial charge in [0.15, 0.2) is 0 Å². The molecule has 0 saturated carbocycles. The Morgan fingerprint density at radius 3 is 2.65 bits per heavy atom. The van der Waals surface area contributed by atoms with Crippen molar-refractivity contribution < 1.29 is 0 Å². The number of thioether (sulfide) groups is 1. The lowest BCUT2D eigenvalue weighted by Gasteiger charge is -2.22. The number of benzene rings is 2. The Hall–Kier alpha value is -2.48. The van der Waals surface area contributed by atoms with Crippen LogP contribution in [0.5, 0.6) is 0 Å². The SMILES string of the molecule is N#Cc1c2c(c(SCc3ccc(Cl)cc3)[nH]c1=O)CCc1ccccc1-2. The summed E-state index contributed by atoms with van der Waals surface area (Å²) in [7, 11) is 0. The molecule has 1 N–H and O–H groups in total. The fraction of sp³-hybridized carbons (Fsp3) is 0.143. The summed E-state index contributed by atoms with van der Waals surface area (Å²) in [6.45, 7) is 0. The first-order valence-electron chi connectivity index (χ1n) is 8.32. The molecule has 5 heteroatoms. The lowest BCUT2D eigenvalue weighted by atomic mass is 9.84. The van der Waals surface area contributed by atoms with E-state index in [9.17, 15) is 10.1 Å². The van der Waals surface area contributed by atoms with E-state index in [1.807, 2.05) is 42.5 Å². The van der Waals surface area contributed by atoms with Crippen LogP contribution in [0.4, 0.5) is 0 Å². The molecule has 0 bridgehead atoms. The van der Waals surface area contributed by atoms with E-state index >= 15 is 0 Å². The van der Waals surface area contributed by atoms with Gasteiger partial charge < -0.3 is 4.98 Å². The molecule has 0 unspecified atom stereocenters. The van der Waals surface area contributed by atoms with Crippen molar-refractivity contribution in [2.45, 2.75) is 23.6 Å². The van der Waals surface area contributed by atoms with Crippen LogP contribution in [0, 0.1) is 11.3 Å². The number of halogens is 1. The van der Waals surface area contributed by atoms with Crippen LogP contribution >= 0.6 is 23.4 Å². The predicted molar refractivity (Wildman–Crippen MR) is 106 cm³/mol. The number of pyridine rings is 1. The van der Waals surface area contributed by atoms with E-state index < -0.39 is 0 Å². The molecule has 4 rings (SSSR count). The maximum Gasteiger partial charge on any atom is 0.267 e. The minimum absolute atomic E-state index is 0.211. The molecule has 3 aromatic rings. The van der Waals surface area contributed by atoms with Gasteiger partial charge in [0.2, 0.25) is 0 Å². The smallest absolute Gasteiger partial charge is 0.267 e. The Morgan fingerprint density at radius 1 is 1.12 bits per heavy atom. The van der Waals surface area contributed by atoms with Gasteiger partial charge in [-0.05, 0) is 47.2 Å². The molecule has 1 aromatic heterocycles. The molecule has 26 heavy (non-hydrogen) atoms. The van der Waals surface area contributed by atoms with Gasteiger partial charge in [-0.25, -0.2) is 0 Å². The molecule has 0 atom stereocenters. The molecular weight excluding hydrogens is 364 g/mol. The molecule has 128 valence electrons. The summed E-state index contributed by atoms with van der Waals surface area (Å²) >= 11 is 7.53. The lowest BCUT2D eigenvalue weighted by Crippen LogP contribution is -2.19. The maximum absolute atomic E-state index is 12.5. The van der Waals surface area contributed by atoms with Gasteiger partial charge in [0, 0.05) is 16.3 Å². The first kappa shape index (κ1) is 17.0. The molecule has 1 aliphatic rings. The number of hydrogen-bond donors (Lipinski definition) is 1. The van der Waals surface area contributed by atoms with Crippen LogP contribution in [0.25, 0.3) is 11.1 Å². The molecule has 0 amide bonds. The third-order valence-corrected chi connectivity index (χ3v) is 5.99. The number of rotatable bonds is 3. The number of aromatic amines is 1. The molecule has 0 radical (unpaired) electrons. The van der Waals surface area contributed by atoms with Crippen LogP contribution in [0.3, 0.4) is 0 Å². The van der Waals surface area contributed by atoms with Crippen molar-refractivity contribution in [2.75, 3.05) is 0 Å². The van der Waals surface area contributed by atoms with Crippen LogP contribution in [-0.2, 0) is 18.6 Å². The van der Waals surface area contributed by atoms with E-state index in [0.717, 1.165) is 45.9 Å². The summed E-state index contributed by atoms with van der Waals surface area (Å²) in [4.78, 5) is 15.4. The third kappa shape index (κ3) is 3.05. The van der Waals surface area contributed by atoms with Gasteiger partial charge in [-0.2, -0.15) is 5.26 Å². The standard InChI is InChI=1S/C21H15ClN2OS/c22-15-8-5-13(6-9-15)12-26-21-17-10-7-14-3-1-2-4-16(14)19(17)18(11-23)20(25)24-21/h1-6,8-9H,7,10,12H2,(H,24,25). The van der Waals surface area contributed by atoms with Gasteiger partial charge in [-0.3, -0.25) is 4.79 Å². The predicted octanol–water partition coefficient (Wildman–Crippen LogP) is 4.96. The lowest BCUT2D eigenvalue weighted by molar-refractivity contribution is 0.874. The number of H-pyrrole nitrogens is 1. The van der Waals surface area contributed by atoms with E-state index in [0.29, 0.717) is 5.02 Å². The van der Waals surface area contributed by atoms with E-state index in [-0.39, 0.29) is 11.1 Å². The minimum Gasteiger partial charge on any atom is -0.316 e. The average Bonchev–Trinajstić information content (AvgIpc) is 2.67. The molecule has 2 aromatic carbocycles. The van der Waals surface area contributed by atoms with Crippen LogP contribution in [0.15, 0.2) is 58.4 Å². The number of aryl methyl sites for hydroxylation is 1. The third-order valence-electron chi connectivity index (χ3n) is 4.62. The monoisotopic (exact) mass is 378 g/mol. The number of hydrogen-bond acceptors (Lipinski definition) is 3. The van der Waals surface area contributed by atoms with E-state index in [1.165, 1.54) is 5.56 Å². The van der Waals surface area contributed by atoms with Crippen LogP contribution < -0.4 is 5.56 Å². The zero-order valence-electron chi connectivity index (χ0n) is 13.9. The van der Waals surface area contributed by atoms with Crippen LogP contribution in [0.1, 0.15) is 22.3 Å². The highest BCUT2D eigenvalue weighted by molar-refractivity contribution is 7.98. The summed E-state index contributed by atoms with van der Waals surface area (Å²) in [5.74, 6) is 0.729. The zero-order valence-corrected chi connectivity index (χ0v) is 15.5. The van der Waals surface area contributed by atoms with E-state index in [4.69, 9.17) is 11.6 Å². The van der Waals surface area contributed by atoms with Gasteiger partial charge in [0.25, 0.3) is 5.56 Å². The fourth-order valence-corrected chi connectivity index (χ4v) is 4.54. The molecule has 0 saturated heterocycles. The number of fused-ring (bicyclic) bond motifs is 3. The summed E-state index contributed by atoms with van der Waals surface area (Å²) < 4.78 is 0. The number of nitrogens with one attached hydrogen (secondary N) is 1. The Balaban J connectivity index is 1.78. The molecule has 0 aliphatic heterocycles. The first-order valence-corrected chi connectivity index (χ1v) is 9.68. The van der Waals surface area contributed by atoms with Crippen molar-refractivity contribution in [1.29, 1.82) is 5.26 Å². The van der Waals surface area contributed by atoms with E-state index in [1.54, 1.807) is 11.8 Å². The normalized spacial score (nSPS) is 12.2. The quantitative estimate of drug-likeness (QED) is 0.655. The highest BCUT2D eigenvalue weighted by atomic mass is 35.5.